The summed E-state index contributed by atoms with van der Waals surface area (Å²) in [5.41, 5.74) is 1.52. The van der Waals surface area contributed by atoms with Gasteiger partial charge in [-0.25, -0.2) is 0 Å². The number of hydrogen-bond donors (Lipinski definition) is 2. The molecule has 0 aliphatic carbocycles. The van der Waals surface area contributed by atoms with Crippen LogP contribution in [0, 0.1) is 0 Å². The first-order valence-electron chi connectivity index (χ1n) is 5.08. The molecular formula is C13H12ClNO2. The van der Waals surface area contributed by atoms with Gasteiger partial charge in [0.15, 0.2) is 0 Å². The minimum absolute atomic E-state index is 0.205. The molecule has 2 aromatic rings. The summed E-state index contributed by atoms with van der Waals surface area (Å²) in [5, 5.41) is 13.1. The van der Waals surface area contributed by atoms with Crippen LogP contribution in [0.1, 0.15) is 0 Å². The molecule has 0 radical (unpaired) electrons. The van der Waals surface area contributed by atoms with Crippen LogP contribution in [0.4, 0.5) is 11.4 Å². The Morgan fingerprint density at radius 1 is 1.18 bits per heavy atom. The second kappa shape index (κ2) is 4.97. The second-order valence-corrected chi connectivity index (χ2v) is 3.96. The summed E-state index contributed by atoms with van der Waals surface area (Å²) >= 11 is 5.93. The molecule has 0 aromatic heterocycles. The van der Waals surface area contributed by atoms with Crippen molar-refractivity contribution in [1.29, 1.82) is 0 Å². The predicted molar refractivity (Wildman–Crippen MR) is 69.4 cm³/mol. The highest BCUT2D eigenvalue weighted by molar-refractivity contribution is 6.31. The number of halogens is 1. The third kappa shape index (κ3) is 2.82. The molecule has 0 aliphatic rings. The fourth-order valence-corrected chi connectivity index (χ4v) is 1.69. The lowest BCUT2D eigenvalue weighted by atomic mass is 10.2. The van der Waals surface area contributed by atoms with E-state index in [1.54, 1.807) is 43.5 Å². The zero-order chi connectivity index (χ0) is 12.3. The number of benzene rings is 2. The van der Waals surface area contributed by atoms with Gasteiger partial charge in [0.25, 0.3) is 0 Å². The van der Waals surface area contributed by atoms with Crippen molar-refractivity contribution in [3.05, 3.63) is 47.5 Å². The minimum atomic E-state index is 0.205. The fraction of sp³-hybridized carbons (Fsp3) is 0.0769. The predicted octanol–water partition coefficient (Wildman–Crippen LogP) is 3.80. The Morgan fingerprint density at radius 3 is 2.71 bits per heavy atom. The van der Waals surface area contributed by atoms with Crippen molar-refractivity contribution in [3.63, 3.8) is 0 Å². The van der Waals surface area contributed by atoms with E-state index >= 15 is 0 Å². The van der Waals surface area contributed by atoms with Crippen LogP contribution in [0.15, 0.2) is 42.5 Å². The van der Waals surface area contributed by atoms with E-state index in [9.17, 15) is 5.11 Å². The van der Waals surface area contributed by atoms with Gasteiger partial charge in [-0.05, 0) is 30.3 Å². The topological polar surface area (TPSA) is 41.5 Å². The molecule has 2 N–H and O–H groups in total. The van der Waals surface area contributed by atoms with Gasteiger partial charge in [-0.1, -0.05) is 17.7 Å². The van der Waals surface area contributed by atoms with Crippen LogP contribution in [0.3, 0.4) is 0 Å². The molecule has 2 aromatic carbocycles. The number of phenolic OH excluding ortho intramolecular Hbond substituents is 1. The molecule has 0 aliphatic heterocycles. The zero-order valence-electron chi connectivity index (χ0n) is 9.27. The van der Waals surface area contributed by atoms with Crippen LogP contribution in [0.5, 0.6) is 11.5 Å². The number of anilines is 2. The van der Waals surface area contributed by atoms with Crippen LogP contribution < -0.4 is 10.1 Å². The van der Waals surface area contributed by atoms with Gasteiger partial charge >= 0.3 is 0 Å². The summed E-state index contributed by atoms with van der Waals surface area (Å²) in [6.45, 7) is 0. The van der Waals surface area contributed by atoms with E-state index in [-0.39, 0.29) is 5.75 Å². The van der Waals surface area contributed by atoms with Gasteiger partial charge in [0.05, 0.1) is 12.8 Å². The van der Waals surface area contributed by atoms with Gasteiger partial charge in [0.1, 0.15) is 11.5 Å². The van der Waals surface area contributed by atoms with Crippen molar-refractivity contribution in [2.24, 2.45) is 0 Å². The van der Waals surface area contributed by atoms with E-state index in [0.29, 0.717) is 10.8 Å². The summed E-state index contributed by atoms with van der Waals surface area (Å²) in [5.74, 6) is 0.897. The first-order valence-corrected chi connectivity index (χ1v) is 5.46. The fourth-order valence-electron chi connectivity index (χ4n) is 1.52. The number of rotatable bonds is 3. The molecule has 0 amide bonds. The molecule has 3 nitrogen and oxygen atoms in total. The van der Waals surface area contributed by atoms with Crippen molar-refractivity contribution in [3.8, 4) is 11.5 Å². The van der Waals surface area contributed by atoms with Crippen molar-refractivity contribution < 1.29 is 9.84 Å². The maximum atomic E-state index is 9.37. The number of hydrogen-bond acceptors (Lipinski definition) is 3. The number of nitrogens with one attached hydrogen (secondary N) is 1. The highest BCUT2D eigenvalue weighted by Crippen LogP contribution is 2.31. The van der Waals surface area contributed by atoms with Crippen molar-refractivity contribution in [2.75, 3.05) is 12.4 Å². The van der Waals surface area contributed by atoms with Crippen LogP contribution in [-0.4, -0.2) is 12.2 Å². The van der Waals surface area contributed by atoms with Crippen LogP contribution in [-0.2, 0) is 0 Å². The Hall–Kier alpha value is -1.87. The molecule has 0 spiro atoms. The minimum Gasteiger partial charge on any atom is -0.508 e. The van der Waals surface area contributed by atoms with E-state index < -0.39 is 0 Å². The van der Waals surface area contributed by atoms with Crippen molar-refractivity contribution in [1.82, 2.24) is 0 Å². The summed E-state index contributed by atoms with van der Waals surface area (Å²) in [6.07, 6.45) is 0. The van der Waals surface area contributed by atoms with Gasteiger partial charge < -0.3 is 15.2 Å². The first kappa shape index (κ1) is 11.6. The smallest absolute Gasteiger partial charge is 0.142 e. The van der Waals surface area contributed by atoms with E-state index in [1.165, 1.54) is 0 Å². The third-order valence-corrected chi connectivity index (χ3v) is 2.52. The number of phenols is 1. The maximum Gasteiger partial charge on any atom is 0.142 e. The number of methoxy groups -OCH3 is 1. The normalized spacial score (nSPS) is 10.0. The van der Waals surface area contributed by atoms with Gasteiger partial charge in [-0.15, -0.1) is 0 Å². The van der Waals surface area contributed by atoms with Crippen molar-refractivity contribution >= 4 is 23.0 Å². The lowest BCUT2D eigenvalue weighted by Crippen LogP contribution is -1.94. The lowest BCUT2D eigenvalue weighted by molar-refractivity contribution is 0.417. The molecule has 0 heterocycles. The average Bonchev–Trinajstić information content (AvgIpc) is 2.29. The Morgan fingerprint density at radius 2 is 2.00 bits per heavy atom. The van der Waals surface area contributed by atoms with Gasteiger partial charge in [0.2, 0.25) is 0 Å². The lowest BCUT2D eigenvalue weighted by Gasteiger charge is -2.11. The Labute approximate surface area is 105 Å². The van der Waals surface area contributed by atoms with E-state index in [1.807, 2.05) is 6.07 Å². The maximum absolute atomic E-state index is 9.37. The zero-order valence-corrected chi connectivity index (χ0v) is 10.0. The monoisotopic (exact) mass is 249 g/mol. The van der Waals surface area contributed by atoms with Crippen LogP contribution in [0.25, 0.3) is 0 Å². The molecule has 0 atom stereocenters. The highest BCUT2D eigenvalue weighted by Gasteiger charge is 2.04. The summed E-state index contributed by atoms with van der Waals surface area (Å²) < 4.78 is 5.22. The molecule has 0 saturated heterocycles. The Bertz CT molecular complexity index is 529. The van der Waals surface area contributed by atoms with Gasteiger partial charge in [-0.2, -0.15) is 0 Å². The van der Waals surface area contributed by atoms with Crippen LogP contribution >= 0.6 is 11.6 Å². The van der Waals surface area contributed by atoms with E-state index in [0.717, 1.165) is 11.4 Å². The average molecular weight is 250 g/mol. The molecule has 17 heavy (non-hydrogen) atoms. The summed E-state index contributed by atoms with van der Waals surface area (Å²) in [4.78, 5) is 0. The van der Waals surface area contributed by atoms with E-state index in [2.05, 4.69) is 5.32 Å². The number of ether oxygens (including phenoxy) is 1. The molecule has 0 saturated carbocycles. The molecule has 0 fully saturated rings. The largest absolute Gasteiger partial charge is 0.508 e. The van der Waals surface area contributed by atoms with Gasteiger partial charge in [0, 0.05) is 16.8 Å². The first-order chi connectivity index (χ1) is 8.19. The summed E-state index contributed by atoms with van der Waals surface area (Å²) in [7, 11) is 1.59. The highest BCUT2D eigenvalue weighted by atomic mass is 35.5. The standard InChI is InChI=1S/C13H12ClNO2/c1-17-13-6-5-9(14)7-12(13)15-10-3-2-4-11(16)8-10/h2-8,15-16H,1H3. The second-order valence-electron chi connectivity index (χ2n) is 3.52. The van der Waals surface area contributed by atoms with Gasteiger partial charge in [-0.3, -0.25) is 0 Å². The number of aromatic hydroxyl groups is 1. The van der Waals surface area contributed by atoms with Crippen molar-refractivity contribution in [2.45, 2.75) is 0 Å². The van der Waals surface area contributed by atoms with E-state index in [4.69, 9.17) is 16.3 Å². The Balaban J connectivity index is 2.32. The quantitative estimate of drug-likeness (QED) is 0.869. The van der Waals surface area contributed by atoms with Crippen LogP contribution in [0.2, 0.25) is 5.02 Å². The molecule has 4 heteroatoms. The molecular weight excluding hydrogens is 238 g/mol. The summed E-state index contributed by atoms with van der Waals surface area (Å²) in [6, 6.07) is 12.2. The third-order valence-electron chi connectivity index (χ3n) is 2.29. The molecule has 0 unspecified atom stereocenters. The molecule has 88 valence electrons. The molecule has 2 rings (SSSR count). The Kier molecular flexibility index (Phi) is 3.40. The molecule has 0 bridgehead atoms. The SMILES string of the molecule is COc1ccc(Cl)cc1Nc1cccc(O)c1.